The van der Waals surface area contributed by atoms with Gasteiger partial charge in [0.1, 0.15) is 17.0 Å². The van der Waals surface area contributed by atoms with Gasteiger partial charge in [0.15, 0.2) is 5.96 Å². The Hall–Kier alpha value is -2.34. The number of benzene rings is 1. The van der Waals surface area contributed by atoms with Gasteiger partial charge in [-0.25, -0.2) is 0 Å². The topological polar surface area (TPSA) is 91.0 Å². The van der Waals surface area contributed by atoms with Crippen molar-refractivity contribution in [3.63, 3.8) is 0 Å². The first-order valence-corrected chi connectivity index (χ1v) is 7.19. The van der Waals surface area contributed by atoms with E-state index < -0.39 is 5.91 Å². The molecule has 3 N–H and O–H groups in total. The number of aromatic nitrogens is 1. The van der Waals surface area contributed by atoms with E-state index in [2.05, 4.69) is 15.8 Å². The highest BCUT2D eigenvalue weighted by molar-refractivity contribution is 6.33. The van der Waals surface area contributed by atoms with Gasteiger partial charge in [0, 0.05) is 12.1 Å². The summed E-state index contributed by atoms with van der Waals surface area (Å²) < 4.78 is 5.16. The zero-order valence-corrected chi connectivity index (χ0v) is 13.3. The summed E-state index contributed by atoms with van der Waals surface area (Å²) in [5.74, 6) is -0.162. The molecule has 1 amide bonds. The summed E-state index contributed by atoms with van der Waals surface area (Å²) in [5.41, 5.74) is 2.19. The van der Waals surface area contributed by atoms with E-state index >= 15 is 0 Å². The van der Waals surface area contributed by atoms with E-state index in [1.807, 2.05) is 26.0 Å². The third-order valence-corrected chi connectivity index (χ3v) is 3.46. The summed E-state index contributed by atoms with van der Waals surface area (Å²) in [5, 5.41) is 17.3. The van der Waals surface area contributed by atoms with E-state index in [-0.39, 0.29) is 11.5 Å². The molecule has 116 valence electrons. The van der Waals surface area contributed by atoms with E-state index in [1.165, 1.54) is 0 Å². The quantitative estimate of drug-likeness (QED) is 0.599. The molecular formula is C15H17ClN4O2. The van der Waals surface area contributed by atoms with Crippen molar-refractivity contribution in [1.82, 2.24) is 15.8 Å². The minimum Gasteiger partial charge on any atom is -0.360 e. The molecule has 1 aromatic heterocycles. The van der Waals surface area contributed by atoms with Crippen LogP contribution in [0.4, 0.5) is 0 Å². The van der Waals surface area contributed by atoms with Crippen LogP contribution in [0.5, 0.6) is 0 Å². The van der Waals surface area contributed by atoms with E-state index in [0.717, 1.165) is 5.56 Å². The Bertz CT molecular complexity index is 704. The van der Waals surface area contributed by atoms with Crippen LogP contribution in [0.25, 0.3) is 11.3 Å². The number of hydrogen-bond acceptors (Lipinski definition) is 4. The fraction of sp³-hybridized carbons (Fsp3) is 0.267. The van der Waals surface area contributed by atoms with Crippen molar-refractivity contribution in [3.8, 4) is 11.3 Å². The maximum absolute atomic E-state index is 12.4. The Balaban J connectivity index is 2.45. The van der Waals surface area contributed by atoms with Crippen LogP contribution in [-0.4, -0.2) is 23.6 Å². The number of carbonyl (C=O) groups is 1. The second kappa shape index (κ2) is 6.62. The predicted molar refractivity (Wildman–Crippen MR) is 85.3 cm³/mol. The molecule has 0 bridgehead atoms. The first-order chi connectivity index (χ1) is 10.5. The minimum absolute atomic E-state index is 0.0741. The second-order valence-corrected chi connectivity index (χ2v) is 5.16. The lowest BCUT2D eigenvalue weighted by atomic mass is 10.0. The molecule has 0 unspecified atom stereocenters. The molecule has 0 saturated carbocycles. The Labute approximate surface area is 133 Å². The molecule has 0 saturated heterocycles. The first-order valence-electron chi connectivity index (χ1n) is 6.81. The van der Waals surface area contributed by atoms with Crippen molar-refractivity contribution in [2.75, 3.05) is 6.54 Å². The molecule has 2 rings (SSSR count). The first kappa shape index (κ1) is 16.0. The highest BCUT2D eigenvalue weighted by Crippen LogP contribution is 2.33. The number of halogens is 1. The third-order valence-electron chi connectivity index (χ3n) is 3.14. The molecule has 6 nitrogen and oxygen atoms in total. The lowest BCUT2D eigenvalue weighted by molar-refractivity contribution is 0.0974. The summed E-state index contributed by atoms with van der Waals surface area (Å²) >= 11 is 6.24. The molecule has 1 aromatic carbocycles. The van der Waals surface area contributed by atoms with Gasteiger partial charge in [0.05, 0.1) is 5.02 Å². The molecule has 0 aliphatic carbocycles. The van der Waals surface area contributed by atoms with Gasteiger partial charge in [0.2, 0.25) is 0 Å². The van der Waals surface area contributed by atoms with Crippen molar-refractivity contribution >= 4 is 23.5 Å². The summed E-state index contributed by atoms with van der Waals surface area (Å²) in [6.07, 6.45) is 0. The molecule has 7 heteroatoms. The zero-order chi connectivity index (χ0) is 16.3. The monoisotopic (exact) mass is 320 g/mol. The number of aryl methyl sites for hydroxylation is 2. The molecule has 0 spiro atoms. The maximum atomic E-state index is 12.4. The molecule has 0 atom stereocenters. The van der Waals surface area contributed by atoms with Crippen molar-refractivity contribution < 1.29 is 9.32 Å². The van der Waals surface area contributed by atoms with Crippen LogP contribution >= 0.6 is 11.6 Å². The SMILES string of the molecule is CCNC(=N)NC(=O)c1c(-c2c(C)cccc2Cl)noc1C. The number of nitrogens with one attached hydrogen (secondary N) is 3. The van der Waals surface area contributed by atoms with Crippen LogP contribution in [0.15, 0.2) is 22.7 Å². The summed E-state index contributed by atoms with van der Waals surface area (Å²) in [6, 6.07) is 5.44. The summed E-state index contributed by atoms with van der Waals surface area (Å²) in [6.45, 7) is 5.91. The molecule has 1 heterocycles. The van der Waals surface area contributed by atoms with Gasteiger partial charge < -0.3 is 9.84 Å². The van der Waals surface area contributed by atoms with E-state index in [1.54, 1.807) is 13.0 Å². The van der Waals surface area contributed by atoms with Gasteiger partial charge in [-0.2, -0.15) is 0 Å². The number of guanidine groups is 1. The fourth-order valence-corrected chi connectivity index (χ4v) is 2.45. The molecule has 0 aliphatic heterocycles. The van der Waals surface area contributed by atoms with Gasteiger partial charge in [-0.15, -0.1) is 0 Å². The molecule has 0 radical (unpaired) electrons. The third kappa shape index (κ3) is 3.12. The van der Waals surface area contributed by atoms with E-state index in [9.17, 15) is 4.79 Å². The predicted octanol–water partition coefficient (Wildman–Crippen LogP) is 2.89. The van der Waals surface area contributed by atoms with Crippen molar-refractivity contribution in [1.29, 1.82) is 5.41 Å². The zero-order valence-electron chi connectivity index (χ0n) is 12.6. The average Bonchev–Trinajstić information content (AvgIpc) is 2.80. The van der Waals surface area contributed by atoms with Gasteiger partial charge in [-0.1, -0.05) is 28.9 Å². The molecule has 0 aliphatic rings. The summed E-state index contributed by atoms with van der Waals surface area (Å²) in [7, 11) is 0. The number of carbonyl (C=O) groups excluding carboxylic acids is 1. The standard InChI is InChI=1S/C15H17ClN4O2/c1-4-18-15(17)19-14(21)12-9(3)22-20-13(12)11-8(2)6-5-7-10(11)16/h5-7H,4H2,1-3H3,(H3,17,18,19,21). The largest absolute Gasteiger partial charge is 0.360 e. The number of hydrogen-bond donors (Lipinski definition) is 3. The highest BCUT2D eigenvalue weighted by Gasteiger charge is 2.24. The fourth-order valence-electron chi connectivity index (χ4n) is 2.14. The van der Waals surface area contributed by atoms with E-state index in [0.29, 0.717) is 28.6 Å². The molecule has 0 fully saturated rings. The minimum atomic E-state index is -0.459. The highest BCUT2D eigenvalue weighted by atomic mass is 35.5. The Morgan fingerprint density at radius 1 is 1.41 bits per heavy atom. The normalized spacial score (nSPS) is 10.4. The van der Waals surface area contributed by atoms with Crippen LogP contribution in [0.1, 0.15) is 28.6 Å². The van der Waals surface area contributed by atoms with E-state index in [4.69, 9.17) is 21.5 Å². The van der Waals surface area contributed by atoms with Crippen molar-refractivity contribution in [3.05, 3.63) is 40.1 Å². The molecule has 22 heavy (non-hydrogen) atoms. The molecular weight excluding hydrogens is 304 g/mol. The number of rotatable bonds is 3. The Morgan fingerprint density at radius 3 is 2.77 bits per heavy atom. The summed E-state index contributed by atoms with van der Waals surface area (Å²) in [4.78, 5) is 12.4. The van der Waals surface area contributed by atoms with Gasteiger partial charge in [-0.3, -0.25) is 15.5 Å². The Kier molecular flexibility index (Phi) is 4.82. The lowest BCUT2D eigenvalue weighted by Gasteiger charge is -2.09. The number of amides is 1. The lowest BCUT2D eigenvalue weighted by Crippen LogP contribution is -2.40. The van der Waals surface area contributed by atoms with Crippen LogP contribution in [0.3, 0.4) is 0 Å². The van der Waals surface area contributed by atoms with Gasteiger partial charge in [0.25, 0.3) is 5.91 Å². The van der Waals surface area contributed by atoms with Crippen molar-refractivity contribution in [2.24, 2.45) is 0 Å². The van der Waals surface area contributed by atoms with Crippen molar-refractivity contribution in [2.45, 2.75) is 20.8 Å². The van der Waals surface area contributed by atoms with Gasteiger partial charge in [-0.05, 0) is 32.4 Å². The smallest absolute Gasteiger partial charge is 0.263 e. The molecule has 2 aromatic rings. The van der Waals surface area contributed by atoms with Crippen LogP contribution in [0, 0.1) is 19.3 Å². The maximum Gasteiger partial charge on any atom is 0.263 e. The van der Waals surface area contributed by atoms with Gasteiger partial charge >= 0.3 is 0 Å². The second-order valence-electron chi connectivity index (χ2n) is 4.75. The Morgan fingerprint density at radius 2 is 2.14 bits per heavy atom. The van der Waals surface area contributed by atoms with Crippen LogP contribution < -0.4 is 10.6 Å². The van der Waals surface area contributed by atoms with Crippen LogP contribution in [0.2, 0.25) is 5.02 Å². The van der Waals surface area contributed by atoms with Crippen LogP contribution in [-0.2, 0) is 0 Å². The number of nitrogens with zero attached hydrogens (tertiary/aromatic N) is 1. The average molecular weight is 321 g/mol.